The zero-order chi connectivity index (χ0) is 7.72. The van der Waals surface area contributed by atoms with Crippen molar-refractivity contribution in [3.05, 3.63) is 0 Å². The van der Waals surface area contributed by atoms with Crippen LogP contribution in [-0.2, 0) is 4.79 Å². The summed E-state index contributed by atoms with van der Waals surface area (Å²) in [5.74, 6) is 0.447. The summed E-state index contributed by atoms with van der Waals surface area (Å²) in [6, 6.07) is 0. The predicted octanol–water partition coefficient (Wildman–Crippen LogP) is 0.982. The van der Waals surface area contributed by atoms with Crippen LogP contribution < -0.4 is 0 Å². The van der Waals surface area contributed by atoms with E-state index in [1.54, 1.807) is 0 Å². The van der Waals surface area contributed by atoms with E-state index < -0.39 is 0 Å². The van der Waals surface area contributed by atoms with Crippen LogP contribution in [0, 0.1) is 11.8 Å². The molecule has 0 radical (unpaired) electrons. The van der Waals surface area contributed by atoms with Crippen LogP contribution in [0.25, 0.3) is 0 Å². The molecule has 1 fully saturated rings. The van der Waals surface area contributed by atoms with E-state index in [1.165, 1.54) is 0 Å². The minimum atomic E-state index is -0.248. The summed E-state index contributed by atoms with van der Waals surface area (Å²) in [7, 11) is 0. The number of rotatable bonds is 0. The molecule has 10 heavy (non-hydrogen) atoms. The van der Waals surface area contributed by atoms with E-state index in [0.29, 0.717) is 18.6 Å². The minimum Gasteiger partial charge on any atom is -0.393 e. The second-order valence-corrected chi connectivity index (χ2v) is 3.33. The van der Waals surface area contributed by atoms with Gasteiger partial charge in [-0.25, -0.2) is 0 Å². The van der Waals surface area contributed by atoms with Gasteiger partial charge in [0.25, 0.3) is 0 Å². The summed E-state index contributed by atoms with van der Waals surface area (Å²) in [6.07, 6.45) is 1.06. The average molecular weight is 142 g/mol. The molecule has 0 aromatic heterocycles. The first kappa shape index (κ1) is 7.73. The largest absolute Gasteiger partial charge is 0.393 e. The number of Topliss-reactive ketones (excluding diaryl/α,β-unsaturated/α-hetero) is 1. The molecule has 0 aliphatic heterocycles. The van der Waals surface area contributed by atoms with Crippen molar-refractivity contribution in [2.24, 2.45) is 11.8 Å². The van der Waals surface area contributed by atoms with Gasteiger partial charge in [-0.2, -0.15) is 0 Å². The lowest BCUT2D eigenvalue weighted by Crippen LogP contribution is -2.32. The molecule has 1 aliphatic carbocycles. The van der Waals surface area contributed by atoms with E-state index in [2.05, 4.69) is 0 Å². The third kappa shape index (κ3) is 1.37. The number of carbonyl (C=O) groups excluding carboxylic acids is 1. The highest BCUT2D eigenvalue weighted by Gasteiger charge is 2.29. The van der Waals surface area contributed by atoms with Gasteiger partial charge in [-0.05, 0) is 12.8 Å². The number of aliphatic hydroxyl groups is 1. The highest BCUT2D eigenvalue weighted by Crippen LogP contribution is 2.24. The smallest absolute Gasteiger partial charge is 0.138 e. The van der Waals surface area contributed by atoms with Gasteiger partial charge < -0.3 is 5.11 Å². The molecule has 2 nitrogen and oxygen atoms in total. The van der Waals surface area contributed by atoms with Crippen LogP contribution in [0.15, 0.2) is 0 Å². The van der Waals surface area contributed by atoms with Crippen molar-refractivity contribution >= 4 is 5.78 Å². The van der Waals surface area contributed by atoms with Gasteiger partial charge in [-0.3, -0.25) is 4.79 Å². The lowest BCUT2D eigenvalue weighted by atomic mass is 9.81. The van der Waals surface area contributed by atoms with Crippen LogP contribution in [0.5, 0.6) is 0 Å². The van der Waals surface area contributed by atoms with Crippen LogP contribution >= 0.6 is 0 Å². The molecule has 0 aromatic rings. The molecule has 0 saturated heterocycles. The van der Waals surface area contributed by atoms with Gasteiger partial charge in [0.2, 0.25) is 0 Å². The lowest BCUT2D eigenvalue weighted by Gasteiger charge is -2.26. The predicted molar refractivity (Wildman–Crippen MR) is 38.6 cm³/mol. The highest BCUT2D eigenvalue weighted by atomic mass is 16.3. The van der Waals surface area contributed by atoms with Crippen LogP contribution in [0.4, 0.5) is 0 Å². The third-order valence-electron chi connectivity index (χ3n) is 2.22. The fourth-order valence-corrected chi connectivity index (χ4v) is 1.63. The van der Waals surface area contributed by atoms with Gasteiger partial charge in [0.15, 0.2) is 0 Å². The average Bonchev–Trinajstić information content (AvgIpc) is 1.82. The van der Waals surface area contributed by atoms with Crippen LogP contribution in [-0.4, -0.2) is 17.0 Å². The Balaban J connectivity index is 2.57. The highest BCUT2D eigenvalue weighted by molar-refractivity contribution is 5.83. The number of aliphatic hydroxyl groups excluding tert-OH is 1. The molecule has 1 N–H and O–H groups in total. The molecule has 0 heterocycles. The van der Waals surface area contributed by atoms with Gasteiger partial charge >= 0.3 is 0 Å². The summed E-state index contributed by atoms with van der Waals surface area (Å²) < 4.78 is 0. The molecule has 1 aliphatic rings. The number of hydrogen-bond acceptors (Lipinski definition) is 2. The molecule has 1 rings (SSSR count). The van der Waals surface area contributed by atoms with Gasteiger partial charge in [-0.15, -0.1) is 0 Å². The van der Waals surface area contributed by atoms with Crippen molar-refractivity contribution in [2.45, 2.75) is 32.8 Å². The molecule has 2 heteroatoms. The standard InChI is InChI=1S/C8H14O2/c1-5-3-7(9)4-6(2)8(5)10/h5-7,9H,3-4H2,1-2H3/t5-,6-/m0/s1. The molecule has 0 bridgehead atoms. The van der Waals surface area contributed by atoms with E-state index in [-0.39, 0.29) is 17.9 Å². The molecular weight excluding hydrogens is 128 g/mol. The first-order valence-corrected chi connectivity index (χ1v) is 3.83. The second kappa shape index (κ2) is 2.70. The Morgan fingerprint density at radius 2 is 1.70 bits per heavy atom. The number of hydrogen-bond donors (Lipinski definition) is 1. The van der Waals surface area contributed by atoms with Gasteiger partial charge in [0.1, 0.15) is 5.78 Å². The summed E-state index contributed by atoms with van der Waals surface area (Å²) in [4.78, 5) is 11.2. The summed E-state index contributed by atoms with van der Waals surface area (Å²) in [5, 5.41) is 9.22. The maximum atomic E-state index is 11.2. The SMILES string of the molecule is C[C@H]1CC(O)C[C@H](C)C1=O. The Labute approximate surface area is 61.2 Å². The van der Waals surface area contributed by atoms with Crippen molar-refractivity contribution in [1.82, 2.24) is 0 Å². The molecule has 2 atom stereocenters. The third-order valence-corrected chi connectivity index (χ3v) is 2.22. The molecule has 0 amide bonds. The van der Waals surface area contributed by atoms with Crippen molar-refractivity contribution in [3.8, 4) is 0 Å². The van der Waals surface area contributed by atoms with E-state index >= 15 is 0 Å². The van der Waals surface area contributed by atoms with E-state index in [1.807, 2.05) is 13.8 Å². The summed E-state index contributed by atoms with van der Waals surface area (Å²) in [5.41, 5.74) is 0. The molecule has 1 saturated carbocycles. The zero-order valence-corrected chi connectivity index (χ0v) is 6.50. The Morgan fingerprint density at radius 3 is 2.10 bits per heavy atom. The second-order valence-electron chi connectivity index (χ2n) is 3.33. The van der Waals surface area contributed by atoms with Gasteiger partial charge in [-0.1, -0.05) is 13.8 Å². The Bertz CT molecular complexity index is 128. The summed E-state index contributed by atoms with van der Waals surface area (Å²) >= 11 is 0. The van der Waals surface area contributed by atoms with E-state index in [9.17, 15) is 9.90 Å². The van der Waals surface area contributed by atoms with Crippen LogP contribution in [0.2, 0.25) is 0 Å². The fraction of sp³-hybridized carbons (Fsp3) is 0.875. The van der Waals surface area contributed by atoms with Crippen LogP contribution in [0.3, 0.4) is 0 Å². The molecule has 0 aromatic carbocycles. The van der Waals surface area contributed by atoms with E-state index in [0.717, 1.165) is 0 Å². The monoisotopic (exact) mass is 142 g/mol. The first-order valence-electron chi connectivity index (χ1n) is 3.83. The summed E-state index contributed by atoms with van der Waals surface area (Å²) in [6.45, 7) is 3.78. The van der Waals surface area contributed by atoms with Crippen LogP contribution in [0.1, 0.15) is 26.7 Å². The van der Waals surface area contributed by atoms with Gasteiger partial charge in [0, 0.05) is 11.8 Å². The van der Waals surface area contributed by atoms with Gasteiger partial charge in [0.05, 0.1) is 6.10 Å². The maximum Gasteiger partial charge on any atom is 0.138 e. The Morgan fingerprint density at radius 1 is 1.30 bits per heavy atom. The quantitative estimate of drug-likeness (QED) is 0.547. The van der Waals surface area contributed by atoms with Crippen molar-refractivity contribution in [2.75, 3.05) is 0 Å². The lowest BCUT2D eigenvalue weighted by molar-refractivity contribution is -0.130. The Hall–Kier alpha value is -0.370. The number of ketones is 1. The Kier molecular flexibility index (Phi) is 2.09. The fourth-order valence-electron chi connectivity index (χ4n) is 1.63. The molecule has 58 valence electrons. The zero-order valence-electron chi connectivity index (χ0n) is 6.50. The topological polar surface area (TPSA) is 37.3 Å². The maximum absolute atomic E-state index is 11.2. The normalized spacial score (nSPS) is 41.9. The molecule has 0 spiro atoms. The molecular formula is C8H14O2. The first-order chi connectivity index (χ1) is 4.61. The molecule has 0 unspecified atom stereocenters. The van der Waals surface area contributed by atoms with Crippen molar-refractivity contribution in [1.29, 1.82) is 0 Å². The number of carbonyl (C=O) groups is 1. The minimum absolute atomic E-state index is 0.0683. The van der Waals surface area contributed by atoms with Crippen molar-refractivity contribution < 1.29 is 9.90 Å². The van der Waals surface area contributed by atoms with E-state index in [4.69, 9.17) is 0 Å². The van der Waals surface area contributed by atoms with Crippen molar-refractivity contribution in [3.63, 3.8) is 0 Å².